The van der Waals surface area contributed by atoms with Gasteiger partial charge in [0.05, 0.1) is 0 Å². The highest BCUT2D eigenvalue weighted by Crippen LogP contribution is 2.44. The Labute approximate surface area is 118 Å². The van der Waals surface area contributed by atoms with Gasteiger partial charge in [-0.2, -0.15) is 0 Å². The van der Waals surface area contributed by atoms with Gasteiger partial charge in [-0.25, -0.2) is 0 Å². The average molecular weight is 260 g/mol. The predicted octanol–water partition coefficient (Wildman–Crippen LogP) is 3.64. The molecule has 1 saturated heterocycles. The van der Waals surface area contributed by atoms with Gasteiger partial charge in [-0.15, -0.1) is 0 Å². The van der Waals surface area contributed by atoms with Gasteiger partial charge in [0.2, 0.25) is 0 Å². The van der Waals surface area contributed by atoms with Crippen molar-refractivity contribution < 1.29 is 0 Å². The SMILES string of the molecule is C=C(C)C(N)CC1(C)CN(C)C(=C/C=C\C)/C1=C\C. The van der Waals surface area contributed by atoms with E-state index in [0.29, 0.717) is 0 Å². The van der Waals surface area contributed by atoms with Gasteiger partial charge in [0.15, 0.2) is 0 Å². The fraction of sp³-hybridized carbons (Fsp3) is 0.529. The van der Waals surface area contributed by atoms with Crippen LogP contribution >= 0.6 is 0 Å². The summed E-state index contributed by atoms with van der Waals surface area (Å²) in [7, 11) is 2.15. The largest absolute Gasteiger partial charge is 0.373 e. The molecule has 2 atom stereocenters. The topological polar surface area (TPSA) is 29.3 Å². The lowest BCUT2D eigenvalue weighted by molar-refractivity contribution is 0.309. The highest BCUT2D eigenvalue weighted by Gasteiger charge is 2.40. The van der Waals surface area contributed by atoms with E-state index in [1.807, 2.05) is 13.8 Å². The van der Waals surface area contributed by atoms with Crippen molar-refractivity contribution in [3.8, 4) is 0 Å². The summed E-state index contributed by atoms with van der Waals surface area (Å²) in [6.07, 6.45) is 9.51. The van der Waals surface area contributed by atoms with Crippen molar-refractivity contribution in [3.63, 3.8) is 0 Å². The van der Waals surface area contributed by atoms with E-state index in [2.05, 4.69) is 56.7 Å². The Balaban J connectivity index is 3.07. The molecule has 1 fully saturated rings. The first-order chi connectivity index (χ1) is 8.85. The van der Waals surface area contributed by atoms with E-state index in [-0.39, 0.29) is 11.5 Å². The highest BCUT2D eigenvalue weighted by atomic mass is 15.1. The Kier molecular flexibility index (Phi) is 5.19. The molecule has 1 rings (SSSR count). The summed E-state index contributed by atoms with van der Waals surface area (Å²) in [5, 5.41) is 0. The van der Waals surface area contributed by atoms with Crippen LogP contribution < -0.4 is 5.73 Å². The first-order valence-corrected chi connectivity index (χ1v) is 6.98. The zero-order valence-corrected chi connectivity index (χ0v) is 13.0. The standard InChI is InChI=1S/C17H28N2/c1-7-9-10-16-14(8-2)17(5,12-19(16)6)11-15(18)13(3)4/h7-10,15H,3,11-12,18H2,1-2,4-6H3/b9-7-,14-8+,16-10+. The minimum atomic E-state index is 0.0643. The summed E-state index contributed by atoms with van der Waals surface area (Å²) in [6.45, 7) is 13.5. The van der Waals surface area contributed by atoms with Crippen molar-refractivity contribution >= 4 is 0 Å². The van der Waals surface area contributed by atoms with Gasteiger partial charge in [0.1, 0.15) is 0 Å². The van der Waals surface area contributed by atoms with Gasteiger partial charge in [-0.1, -0.05) is 37.3 Å². The lowest BCUT2D eigenvalue weighted by atomic mass is 9.77. The zero-order chi connectivity index (χ0) is 14.6. The molecule has 1 heterocycles. The van der Waals surface area contributed by atoms with Gasteiger partial charge in [-0.3, -0.25) is 0 Å². The second-order valence-corrected chi connectivity index (χ2v) is 5.85. The molecular formula is C17H28N2. The number of allylic oxidation sites excluding steroid dienone is 5. The molecule has 0 saturated carbocycles. The van der Waals surface area contributed by atoms with Crippen LogP contribution in [0.3, 0.4) is 0 Å². The maximum absolute atomic E-state index is 6.21. The summed E-state index contributed by atoms with van der Waals surface area (Å²) < 4.78 is 0. The van der Waals surface area contributed by atoms with Gasteiger partial charge in [0, 0.05) is 30.7 Å². The summed E-state index contributed by atoms with van der Waals surface area (Å²) in [4.78, 5) is 2.32. The number of likely N-dealkylation sites (tertiary alicyclic amines) is 1. The van der Waals surface area contributed by atoms with E-state index in [9.17, 15) is 0 Å². The summed E-state index contributed by atoms with van der Waals surface area (Å²) in [5.74, 6) is 0. The molecule has 0 bridgehead atoms. The highest BCUT2D eigenvalue weighted by molar-refractivity contribution is 5.42. The normalized spacial score (nSPS) is 29.7. The maximum atomic E-state index is 6.21. The van der Waals surface area contributed by atoms with Crippen LogP contribution in [0.25, 0.3) is 0 Å². The second-order valence-electron chi connectivity index (χ2n) is 5.85. The molecule has 2 heteroatoms. The maximum Gasteiger partial charge on any atom is 0.0399 e. The molecule has 0 aromatic rings. The van der Waals surface area contributed by atoms with Gasteiger partial charge >= 0.3 is 0 Å². The van der Waals surface area contributed by atoms with Crippen LogP contribution in [0.4, 0.5) is 0 Å². The third kappa shape index (κ3) is 3.38. The van der Waals surface area contributed by atoms with Crippen LogP contribution in [0.2, 0.25) is 0 Å². The molecule has 0 aromatic heterocycles. The van der Waals surface area contributed by atoms with Crippen LogP contribution in [0.15, 0.2) is 47.7 Å². The van der Waals surface area contributed by atoms with Crippen molar-refractivity contribution in [3.05, 3.63) is 47.7 Å². The van der Waals surface area contributed by atoms with Crippen molar-refractivity contribution in [1.82, 2.24) is 4.90 Å². The number of nitrogens with zero attached hydrogens (tertiary/aromatic N) is 1. The molecule has 1 aliphatic heterocycles. The minimum absolute atomic E-state index is 0.0643. The fourth-order valence-electron chi connectivity index (χ4n) is 2.94. The minimum Gasteiger partial charge on any atom is -0.373 e. The Bertz CT molecular complexity index is 429. The van der Waals surface area contributed by atoms with Crippen LogP contribution in [-0.2, 0) is 0 Å². The fourth-order valence-corrected chi connectivity index (χ4v) is 2.94. The van der Waals surface area contributed by atoms with Crippen molar-refractivity contribution in [2.24, 2.45) is 11.1 Å². The molecule has 19 heavy (non-hydrogen) atoms. The lowest BCUT2D eigenvalue weighted by Gasteiger charge is -2.28. The zero-order valence-electron chi connectivity index (χ0n) is 13.0. The molecule has 0 aromatic carbocycles. The number of hydrogen-bond acceptors (Lipinski definition) is 2. The molecular weight excluding hydrogens is 232 g/mol. The third-order valence-corrected chi connectivity index (χ3v) is 3.96. The Morgan fingerprint density at radius 1 is 1.53 bits per heavy atom. The molecule has 1 aliphatic rings. The molecule has 2 N–H and O–H groups in total. The number of rotatable bonds is 4. The van der Waals surface area contributed by atoms with Crippen LogP contribution in [0, 0.1) is 5.41 Å². The Hall–Kier alpha value is -1.28. The molecule has 2 unspecified atom stereocenters. The van der Waals surface area contributed by atoms with Crippen molar-refractivity contribution in [2.75, 3.05) is 13.6 Å². The van der Waals surface area contributed by atoms with Crippen molar-refractivity contribution in [1.29, 1.82) is 0 Å². The Morgan fingerprint density at radius 2 is 2.16 bits per heavy atom. The summed E-state index contributed by atoms with van der Waals surface area (Å²) in [5.41, 5.74) is 10.1. The van der Waals surface area contributed by atoms with Crippen LogP contribution in [0.1, 0.15) is 34.1 Å². The van der Waals surface area contributed by atoms with Crippen LogP contribution in [0.5, 0.6) is 0 Å². The first-order valence-electron chi connectivity index (χ1n) is 6.98. The van der Waals surface area contributed by atoms with E-state index in [4.69, 9.17) is 5.73 Å². The lowest BCUT2D eigenvalue weighted by Crippen LogP contribution is -2.33. The number of likely N-dealkylation sites (N-methyl/N-ethyl adjacent to an activating group) is 1. The molecule has 106 valence electrons. The predicted molar refractivity (Wildman–Crippen MR) is 84.8 cm³/mol. The summed E-state index contributed by atoms with van der Waals surface area (Å²) in [6, 6.07) is 0.0643. The van der Waals surface area contributed by atoms with Crippen LogP contribution in [-0.4, -0.2) is 24.5 Å². The van der Waals surface area contributed by atoms with Gasteiger partial charge in [0.25, 0.3) is 0 Å². The molecule has 0 spiro atoms. The molecule has 0 radical (unpaired) electrons. The third-order valence-electron chi connectivity index (χ3n) is 3.96. The smallest absolute Gasteiger partial charge is 0.0399 e. The molecule has 0 aliphatic carbocycles. The summed E-state index contributed by atoms with van der Waals surface area (Å²) >= 11 is 0. The quantitative estimate of drug-likeness (QED) is 0.782. The van der Waals surface area contributed by atoms with E-state index in [1.54, 1.807) is 0 Å². The van der Waals surface area contributed by atoms with Crippen molar-refractivity contribution in [2.45, 2.75) is 40.2 Å². The van der Waals surface area contributed by atoms with E-state index in [0.717, 1.165) is 18.5 Å². The Morgan fingerprint density at radius 3 is 2.63 bits per heavy atom. The first kappa shape index (κ1) is 15.8. The van der Waals surface area contributed by atoms with Gasteiger partial charge < -0.3 is 10.6 Å². The second kappa shape index (κ2) is 6.25. The van der Waals surface area contributed by atoms with Gasteiger partial charge in [-0.05, 0) is 38.8 Å². The molecule has 0 amide bonds. The van der Waals surface area contributed by atoms with E-state index < -0.39 is 0 Å². The number of nitrogens with two attached hydrogens (primary N) is 1. The monoisotopic (exact) mass is 260 g/mol. The average Bonchev–Trinajstić information content (AvgIpc) is 2.56. The molecule has 2 nitrogen and oxygen atoms in total. The van der Waals surface area contributed by atoms with E-state index >= 15 is 0 Å². The number of hydrogen-bond donors (Lipinski definition) is 1. The van der Waals surface area contributed by atoms with E-state index in [1.165, 1.54) is 11.3 Å².